The first-order chi connectivity index (χ1) is 7.95. The lowest BCUT2D eigenvalue weighted by Crippen LogP contribution is -2.46. The summed E-state index contributed by atoms with van der Waals surface area (Å²) in [5.74, 6) is -1.06. The Bertz CT molecular complexity index is 295. The lowest BCUT2D eigenvalue weighted by atomic mass is 10.1. The Balaban J connectivity index is 2.75. The van der Waals surface area contributed by atoms with E-state index in [1.807, 2.05) is 0 Å². The number of hydrogen-bond acceptors (Lipinski definition) is 6. The fourth-order valence-corrected chi connectivity index (χ4v) is 1.39. The van der Waals surface area contributed by atoms with E-state index in [0.717, 1.165) is 0 Å². The van der Waals surface area contributed by atoms with Gasteiger partial charge in [-0.2, -0.15) is 0 Å². The van der Waals surface area contributed by atoms with Gasteiger partial charge in [0, 0.05) is 28.7 Å². The van der Waals surface area contributed by atoms with Crippen LogP contribution in [0.4, 0.5) is 0 Å². The second-order valence-electron chi connectivity index (χ2n) is 3.35. The summed E-state index contributed by atoms with van der Waals surface area (Å²) in [7, 11) is 1.39. The fraction of sp³-hybridized carbons (Fsp3) is 0.800. The topological polar surface area (TPSA) is 71.1 Å². The van der Waals surface area contributed by atoms with Crippen LogP contribution in [0.25, 0.3) is 0 Å². The van der Waals surface area contributed by atoms with Crippen molar-refractivity contribution in [2.24, 2.45) is 0 Å². The van der Waals surface area contributed by atoms with E-state index in [2.05, 4.69) is 0 Å². The van der Waals surface area contributed by atoms with Crippen LogP contribution >= 0.6 is 0 Å². The number of carbonyl (C=O) groups excluding carboxylic acids is 2. The van der Waals surface area contributed by atoms with Crippen LogP contribution in [0.3, 0.4) is 0 Å². The number of rotatable bonds is 3. The highest BCUT2D eigenvalue weighted by atomic mass is 16.7. The van der Waals surface area contributed by atoms with Gasteiger partial charge in [0.05, 0.1) is 6.61 Å². The molecule has 0 unspecified atom stereocenters. The predicted molar refractivity (Wildman–Crippen MR) is 52.5 cm³/mol. The molecule has 1 saturated heterocycles. The van der Waals surface area contributed by atoms with Gasteiger partial charge in [0.1, 0.15) is 6.10 Å². The molecule has 0 bridgehead atoms. The molecule has 92 valence electrons. The maximum absolute atomic E-state index is 11.0. The number of carbonyl (C=O) groups is 2. The minimum absolute atomic E-state index is 0.0331. The first-order valence-electron chi connectivity index (χ1n) is 5.44. The normalized spacial score (nSPS) is 35.1. The van der Waals surface area contributed by atoms with Crippen molar-refractivity contribution < 1.29 is 29.9 Å². The highest BCUT2D eigenvalue weighted by Crippen LogP contribution is 2.20. The van der Waals surface area contributed by atoms with Crippen LogP contribution in [0.5, 0.6) is 0 Å². The molecule has 16 heavy (non-hydrogen) atoms. The van der Waals surface area contributed by atoms with E-state index >= 15 is 0 Å². The summed E-state index contributed by atoms with van der Waals surface area (Å²) in [6.45, 7) is 2.51. The Morgan fingerprint density at radius 3 is 2.31 bits per heavy atom. The molecule has 1 fully saturated rings. The molecule has 1 aliphatic heterocycles. The van der Waals surface area contributed by atoms with Crippen molar-refractivity contribution >= 4 is 11.9 Å². The van der Waals surface area contributed by atoms with Crippen molar-refractivity contribution in [1.82, 2.24) is 0 Å². The monoisotopic (exact) mass is 233 g/mol. The second kappa shape index (κ2) is 5.81. The molecule has 0 saturated carbocycles. The van der Waals surface area contributed by atoms with Gasteiger partial charge < -0.3 is 18.9 Å². The van der Waals surface area contributed by atoms with Gasteiger partial charge in [-0.05, 0) is 0 Å². The van der Waals surface area contributed by atoms with E-state index in [0.29, 0.717) is 0 Å². The van der Waals surface area contributed by atoms with E-state index in [1.54, 1.807) is 0 Å². The molecule has 1 rings (SSSR count). The third kappa shape index (κ3) is 3.79. The first kappa shape index (κ1) is 11.3. The number of hydrogen-bond donors (Lipinski definition) is 0. The molecule has 0 N–H and O–H groups in total. The van der Waals surface area contributed by atoms with Crippen molar-refractivity contribution in [3.8, 4) is 0 Å². The second-order valence-corrected chi connectivity index (χ2v) is 3.35. The van der Waals surface area contributed by atoms with E-state index in [-0.39, 0.29) is 6.61 Å². The Morgan fingerprint density at radius 1 is 1.25 bits per heavy atom. The highest BCUT2D eigenvalue weighted by molar-refractivity contribution is 5.67. The van der Waals surface area contributed by atoms with Gasteiger partial charge in [-0.25, -0.2) is 0 Å². The summed E-state index contributed by atoms with van der Waals surface area (Å²) in [5, 5.41) is 0. The molecule has 6 heteroatoms. The molecule has 0 aromatic rings. The van der Waals surface area contributed by atoms with Crippen LogP contribution in [0.1, 0.15) is 21.6 Å². The summed E-state index contributed by atoms with van der Waals surface area (Å²) in [5.41, 5.74) is 0. The van der Waals surface area contributed by atoms with E-state index < -0.39 is 36.8 Å². The zero-order chi connectivity index (χ0) is 13.0. The van der Waals surface area contributed by atoms with Crippen LogP contribution in [0, 0.1) is 0 Å². The minimum atomic E-state index is -0.956. The highest BCUT2D eigenvalue weighted by Gasteiger charge is 2.35. The standard InChI is InChI=1S/C10H16O6/c1-6(11)15-8-4-10(13-3)14-5-9(8)16-7(2)12/h8-10H,4-5H2,1-3H3/t8-,9+,10+/m0/s1/i4D/t4-,8-,9+,10+. The molecule has 0 amide bonds. The third-order valence-electron chi connectivity index (χ3n) is 1.99. The lowest BCUT2D eigenvalue weighted by Gasteiger charge is -2.33. The molecular formula is C10H16O6. The van der Waals surface area contributed by atoms with E-state index in [4.69, 9.17) is 20.3 Å². The van der Waals surface area contributed by atoms with Crippen molar-refractivity contribution in [2.75, 3.05) is 13.7 Å². The number of methoxy groups -OCH3 is 1. The molecule has 1 aliphatic rings. The van der Waals surface area contributed by atoms with Crippen LogP contribution < -0.4 is 0 Å². The van der Waals surface area contributed by atoms with Crippen LogP contribution in [0.2, 0.25) is 0 Å². The number of ether oxygens (including phenoxy) is 4. The first-order valence-corrected chi connectivity index (χ1v) is 4.86. The SMILES string of the molecule is [2H][C@@H]1[C@H](OC)OC[C@@H](OC(C)=O)[C@H]1OC(C)=O. The Hall–Kier alpha value is -1.14. The molecule has 0 aromatic carbocycles. The van der Waals surface area contributed by atoms with Gasteiger partial charge in [-0.3, -0.25) is 9.59 Å². The van der Waals surface area contributed by atoms with Gasteiger partial charge in [-0.15, -0.1) is 0 Å². The summed E-state index contributed by atoms with van der Waals surface area (Å²) < 4.78 is 27.9. The van der Waals surface area contributed by atoms with Crippen LogP contribution in [0.15, 0.2) is 0 Å². The van der Waals surface area contributed by atoms with Gasteiger partial charge in [0.25, 0.3) is 0 Å². The molecule has 4 atom stereocenters. The van der Waals surface area contributed by atoms with Crippen LogP contribution in [-0.4, -0.2) is 44.2 Å². The Morgan fingerprint density at radius 2 is 1.81 bits per heavy atom. The van der Waals surface area contributed by atoms with Crippen LogP contribution in [-0.2, 0) is 28.5 Å². The van der Waals surface area contributed by atoms with Crippen molar-refractivity contribution in [2.45, 2.75) is 38.7 Å². The average Bonchev–Trinajstić information content (AvgIpc) is 2.22. The Labute approximate surface area is 95.2 Å². The molecule has 0 aromatic heterocycles. The van der Waals surface area contributed by atoms with Crippen molar-refractivity contribution in [3.05, 3.63) is 0 Å². The molecule has 6 nitrogen and oxygen atoms in total. The van der Waals surface area contributed by atoms with E-state index in [1.165, 1.54) is 21.0 Å². The zero-order valence-electron chi connectivity index (χ0n) is 10.5. The maximum atomic E-state index is 11.0. The predicted octanol–water partition coefficient (Wildman–Crippen LogP) is 0.243. The molecule has 0 aliphatic carbocycles. The minimum Gasteiger partial charge on any atom is -0.458 e. The Kier molecular flexibility index (Phi) is 4.12. The molecule has 0 spiro atoms. The summed E-state index contributed by atoms with van der Waals surface area (Å²) in [4.78, 5) is 21.8. The summed E-state index contributed by atoms with van der Waals surface area (Å²) in [6.07, 6.45) is -3.41. The van der Waals surface area contributed by atoms with E-state index in [9.17, 15) is 9.59 Å². The van der Waals surface area contributed by atoms with Gasteiger partial charge in [-0.1, -0.05) is 0 Å². The zero-order valence-corrected chi connectivity index (χ0v) is 9.47. The summed E-state index contributed by atoms with van der Waals surface area (Å²) >= 11 is 0. The van der Waals surface area contributed by atoms with Crippen molar-refractivity contribution in [3.63, 3.8) is 0 Å². The smallest absolute Gasteiger partial charge is 0.303 e. The number of esters is 2. The molecule has 0 radical (unpaired) electrons. The maximum Gasteiger partial charge on any atom is 0.303 e. The quantitative estimate of drug-likeness (QED) is 0.650. The van der Waals surface area contributed by atoms with Gasteiger partial charge >= 0.3 is 11.9 Å². The van der Waals surface area contributed by atoms with Gasteiger partial charge in [0.15, 0.2) is 12.4 Å². The molecular weight excluding hydrogens is 216 g/mol. The van der Waals surface area contributed by atoms with Gasteiger partial charge in [0.2, 0.25) is 0 Å². The largest absolute Gasteiger partial charge is 0.458 e. The molecule has 1 heterocycles. The average molecular weight is 233 g/mol. The third-order valence-corrected chi connectivity index (χ3v) is 1.99. The fourth-order valence-electron chi connectivity index (χ4n) is 1.39. The van der Waals surface area contributed by atoms with Crippen molar-refractivity contribution in [1.29, 1.82) is 0 Å². The lowest BCUT2D eigenvalue weighted by molar-refractivity contribution is -0.224. The summed E-state index contributed by atoms with van der Waals surface area (Å²) in [6, 6.07) is 0.